The van der Waals surface area contributed by atoms with Crippen molar-refractivity contribution in [3.8, 4) is 0 Å². The van der Waals surface area contributed by atoms with E-state index in [-0.39, 0.29) is 26.4 Å². The van der Waals surface area contributed by atoms with Gasteiger partial charge in [0.25, 0.3) is 0 Å². The van der Waals surface area contributed by atoms with Crippen molar-refractivity contribution in [3.63, 3.8) is 0 Å². The highest BCUT2D eigenvalue weighted by Gasteiger charge is 2.53. The van der Waals surface area contributed by atoms with Crippen LogP contribution in [0.1, 0.15) is 29.2 Å². The second-order valence-corrected chi connectivity index (χ2v) is 10.4. The lowest BCUT2D eigenvalue weighted by atomic mass is 9.97. The van der Waals surface area contributed by atoms with Gasteiger partial charge in [-0.25, -0.2) is 4.79 Å². The van der Waals surface area contributed by atoms with E-state index in [1.54, 1.807) is 0 Å². The predicted molar refractivity (Wildman–Crippen MR) is 162 cm³/mol. The average Bonchev–Trinajstić information content (AvgIpc) is 3.06. The maximum atomic E-state index is 13.7. The van der Waals surface area contributed by atoms with Gasteiger partial charge in [0.05, 0.1) is 19.8 Å². The number of carbonyl (C=O) groups excluding carboxylic acids is 2. The third-order valence-electron chi connectivity index (χ3n) is 7.09. The maximum Gasteiger partial charge on any atom is 0.338 e. The Balaban J connectivity index is 1.46. The Hall–Kier alpha value is -4.34. The maximum absolute atomic E-state index is 13.7. The Bertz CT molecular complexity index is 1430. The molecular weight excluding hydrogens is 560 g/mol. The summed E-state index contributed by atoms with van der Waals surface area (Å²) < 4.78 is 36.8. The smallest absolute Gasteiger partial charge is 0.338 e. The zero-order valence-electron chi connectivity index (χ0n) is 24.5. The molecule has 0 aliphatic carbocycles. The van der Waals surface area contributed by atoms with E-state index in [9.17, 15) is 9.59 Å². The molecule has 4 aromatic carbocycles. The highest BCUT2D eigenvalue weighted by Crippen LogP contribution is 2.32. The van der Waals surface area contributed by atoms with E-state index in [2.05, 4.69) is 0 Å². The number of ether oxygens (including phenoxy) is 6. The molecule has 1 heterocycles. The molecule has 8 heteroatoms. The first-order valence-corrected chi connectivity index (χ1v) is 14.6. The molecule has 0 amide bonds. The molecule has 0 bridgehead atoms. The number of esters is 2. The number of hydrogen-bond donors (Lipinski definition) is 0. The van der Waals surface area contributed by atoms with Crippen LogP contribution in [0.3, 0.4) is 0 Å². The van der Waals surface area contributed by atoms with Gasteiger partial charge in [0, 0.05) is 6.92 Å². The molecule has 1 saturated heterocycles. The van der Waals surface area contributed by atoms with Gasteiger partial charge in [0.1, 0.15) is 24.9 Å². The Labute approximate surface area is 257 Å². The van der Waals surface area contributed by atoms with Crippen LogP contribution < -0.4 is 0 Å². The minimum Gasteiger partial charge on any atom is -0.459 e. The summed E-state index contributed by atoms with van der Waals surface area (Å²) in [7, 11) is 0. The molecule has 0 aromatic heterocycles. The van der Waals surface area contributed by atoms with E-state index in [4.69, 9.17) is 28.4 Å². The fourth-order valence-electron chi connectivity index (χ4n) is 4.92. The second-order valence-electron chi connectivity index (χ2n) is 10.4. The highest BCUT2D eigenvalue weighted by atomic mass is 16.7. The third-order valence-corrected chi connectivity index (χ3v) is 7.09. The number of benzene rings is 4. The molecule has 1 fully saturated rings. The summed E-state index contributed by atoms with van der Waals surface area (Å²) in [6.45, 7) is 1.86. The molecule has 5 rings (SSSR count). The summed E-state index contributed by atoms with van der Waals surface area (Å²) in [6.07, 6.45) is -5.31. The summed E-state index contributed by atoms with van der Waals surface area (Å²) >= 11 is 0. The van der Waals surface area contributed by atoms with Crippen LogP contribution in [0.2, 0.25) is 0 Å². The molecule has 44 heavy (non-hydrogen) atoms. The molecule has 1 aliphatic heterocycles. The van der Waals surface area contributed by atoms with Gasteiger partial charge in [-0.2, -0.15) is 0 Å². The Kier molecular flexibility index (Phi) is 11.3. The van der Waals surface area contributed by atoms with E-state index >= 15 is 0 Å². The quantitative estimate of drug-likeness (QED) is 0.180. The third kappa shape index (κ3) is 8.84. The Morgan fingerprint density at radius 1 is 0.545 bits per heavy atom. The minimum atomic E-state index is -1.27. The molecule has 4 aromatic rings. The van der Waals surface area contributed by atoms with Crippen molar-refractivity contribution in [2.24, 2.45) is 0 Å². The van der Waals surface area contributed by atoms with E-state index in [0.717, 1.165) is 22.3 Å². The number of carbonyl (C=O) groups is 2. The van der Waals surface area contributed by atoms with Crippen LogP contribution in [0.25, 0.3) is 0 Å². The first-order chi connectivity index (χ1) is 21.6. The number of rotatable bonds is 13. The van der Waals surface area contributed by atoms with Crippen molar-refractivity contribution in [1.82, 2.24) is 0 Å². The summed E-state index contributed by atoms with van der Waals surface area (Å²) in [5.74, 6) is -1.26. The van der Waals surface area contributed by atoms with Gasteiger partial charge in [-0.15, -0.1) is 0 Å². The van der Waals surface area contributed by atoms with Crippen LogP contribution in [0.15, 0.2) is 121 Å². The zero-order chi connectivity index (χ0) is 30.6. The molecule has 228 valence electrons. The summed E-state index contributed by atoms with van der Waals surface area (Å²) in [4.78, 5) is 25.9. The van der Waals surface area contributed by atoms with Crippen molar-refractivity contribution in [1.29, 1.82) is 0 Å². The minimum absolute atomic E-state index is 0.0344. The van der Waals surface area contributed by atoms with Crippen molar-refractivity contribution in [2.45, 2.75) is 64.1 Å². The highest BCUT2D eigenvalue weighted by molar-refractivity contribution is 5.76. The topological polar surface area (TPSA) is 89.5 Å². The van der Waals surface area contributed by atoms with Crippen LogP contribution in [-0.4, -0.2) is 42.6 Å². The Morgan fingerprint density at radius 2 is 0.932 bits per heavy atom. The standard InChI is InChI=1S/C36H36O8/c1-26(37)43-36-34(41-24-29-18-10-4-11-19-29)32(40-23-28-16-8-3-9-17-28)31(39-22-27-14-6-2-7-15-27)33(44-36)35(38)42-25-30-20-12-5-13-21-30/h2-21,31-34,36H,22-25H2,1H3. The van der Waals surface area contributed by atoms with Crippen molar-refractivity contribution in [2.75, 3.05) is 0 Å². The van der Waals surface area contributed by atoms with Gasteiger partial charge in [-0.3, -0.25) is 4.79 Å². The fraction of sp³-hybridized carbons (Fsp3) is 0.278. The molecule has 0 spiro atoms. The van der Waals surface area contributed by atoms with Gasteiger partial charge in [-0.05, 0) is 22.3 Å². The molecular formula is C36H36O8. The lowest BCUT2D eigenvalue weighted by Gasteiger charge is -2.44. The molecule has 5 atom stereocenters. The van der Waals surface area contributed by atoms with Gasteiger partial charge < -0.3 is 28.4 Å². The first-order valence-electron chi connectivity index (χ1n) is 14.6. The van der Waals surface area contributed by atoms with E-state index in [0.29, 0.717) is 0 Å². The normalized spacial score (nSPS) is 21.3. The Morgan fingerprint density at radius 3 is 1.36 bits per heavy atom. The summed E-state index contributed by atoms with van der Waals surface area (Å²) in [6, 6.07) is 38.2. The summed E-state index contributed by atoms with van der Waals surface area (Å²) in [5.41, 5.74) is 3.53. The summed E-state index contributed by atoms with van der Waals surface area (Å²) in [5, 5.41) is 0. The van der Waals surface area contributed by atoms with Crippen molar-refractivity contribution in [3.05, 3.63) is 144 Å². The van der Waals surface area contributed by atoms with Crippen molar-refractivity contribution >= 4 is 11.9 Å². The van der Waals surface area contributed by atoms with E-state index in [1.165, 1.54) is 6.92 Å². The van der Waals surface area contributed by atoms with Crippen LogP contribution in [0.5, 0.6) is 0 Å². The van der Waals surface area contributed by atoms with Gasteiger partial charge in [0.2, 0.25) is 6.29 Å². The van der Waals surface area contributed by atoms with Gasteiger partial charge in [-0.1, -0.05) is 121 Å². The fourth-order valence-corrected chi connectivity index (χ4v) is 4.92. The zero-order valence-corrected chi connectivity index (χ0v) is 24.5. The van der Waals surface area contributed by atoms with E-state index in [1.807, 2.05) is 121 Å². The second kappa shape index (κ2) is 15.9. The molecule has 0 N–H and O–H groups in total. The SMILES string of the molecule is CC(=O)OC1OC(C(=O)OCc2ccccc2)C(OCc2ccccc2)C(OCc2ccccc2)C1OCc1ccccc1. The average molecular weight is 597 g/mol. The molecule has 5 unspecified atom stereocenters. The van der Waals surface area contributed by atoms with Crippen LogP contribution in [-0.2, 0) is 64.4 Å². The van der Waals surface area contributed by atoms with Gasteiger partial charge >= 0.3 is 11.9 Å². The van der Waals surface area contributed by atoms with Crippen molar-refractivity contribution < 1.29 is 38.0 Å². The van der Waals surface area contributed by atoms with Crippen LogP contribution >= 0.6 is 0 Å². The van der Waals surface area contributed by atoms with Crippen LogP contribution in [0, 0.1) is 0 Å². The lowest BCUT2D eigenvalue weighted by molar-refractivity contribution is -0.312. The first kappa shape index (κ1) is 31.1. The molecule has 8 nitrogen and oxygen atoms in total. The number of hydrogen-bond acceptors (Lipinski definition) is 8. The molecule has 0 saturated carbocycles. The predicted octanol–water partition coefficient (Wildman–Crippen LogP) is 5.77. The van der Waals surface area contributed by atoms with Crippen LogP contribution in [0.4, 0.5) is 0 Å². The molecule has 0 radical (unpaired) electrons. The monoisotopic (exact) mass is 596 g/mol. The largest absolute Gasteiger partial charge is 0.459 e. The van der Waals surface area contributed by atoms with E-state index < -0.39 is 42.6 Å². The van der Waals surface area contributed by atoms with Gasteiger partial charge in [0.15, 0.2) is 6.10 Å². The molecule has 1 aliphatic rings. The lowest BCUT2D eigenvalue weighted by Crippen LogP contribution is -2.63.